The molecular formula is C12H17NO2. The van der Waals surface area contributed by atoms with E-state index in [4.69, 9.17) is 4.74 Å². The Kier molecular flexibility index (Phi) is 3.11. The molecule has 0 amide bonds. The maximum absolute atomic E-state index is 9.49. The van der Waals surface area contributed by atoms with Crippen molar-refractivity contribution in [3.05, 3.63) is 23.8 Å². The minimum absolute atomic E-state index is 0.213. The van der Waals surface area contributed by atoms with Crippen LogP contribution in [0, 0.1) is 0 Å². The summed E-state index contributed by atoms with van der Waals surface area (Å²) >= 11 is 0. The van der Waals surface area contributed by atoms with Crippen molar-refractivity contribution in [3.8, 4) is 11.5 Å². The molecule has 3 nitrogen and oxygen atoms in total. The number of benzene rings is 1. The number of piperidine rings is 1. The van der Waals surface area contributed by atoms with Gasteiger partial charge in [-0.3, -0.25) is 0 Å². The molecule has 2 rings (SSSR count). The van der Waals surface area contributed by atoms with Crippen molar-refractivity contribution in [1.29, 1.82) is 0 Å². The Bertz CT molecular complexity index is 332. The Balaban J connectivity index is 2.20. The Hall–Kier alpha value is -1.22. The number of rotatable bonds is 2. The Labute approximate surface area is 90.1 Å². The molecule has 1 fully saturated rings. The highest BCUT2D eigenvalue weighted by atomic mass is 16.5. The molecule has 3 heteroatoms. The van der Waals surface area contributed by atoms with Gasteiger partial charge in [-0.2, -0.15) is 0 Å². The van der Waals surface area contributed by atoms with Gasteiger partial charge in [0.1, 0.15) is 0 Å². The largest absolute Gasteiger partial charge is 0.504 e. The lowest BCUT2D eigenvalue weighted by molar-refractivity contribution is 0.371. The Morgan fingerprint density at radius 3 is 3.00 bits per heavy atom. The van der Waals surface area contributed by atoms with Crippen LogP contribution in [0.1, 0.15) is 24.3 Å². The number of aromatic hydroxyl groups is 1. The van der Waals surface area contributed by atoms with Crippen LogP contribution in [-0.2, 0) is 0 Å². The third kappa shape index (κ3) is 2.23. The molecule has 0 radical (unpaired) electrons. The van der Waals surface area contributed by atoms with Crippen LogP contribution in [0.5, 0.6) is 11.5 Å². The molecule has 1 heterocycles. The first kappa shape index (κ1) is 10.3. The Morgan fingerprint density at radius 1 is 1.47 bits per heavy atom. The fourth-order valence-electron chi connectivity index (χ4n) is 2.08. The van der Waals surface area contributed by atoms with E-state index in [2.05, 4.69) is 5.32 Å². The van der Waals surface area contributed by atoms with E-state index < -0.39 is 0 Å². The second-order valence-corrected chi connectivity index (χ2v) is 3.97. The predicted octanol–water partition coefficient (Wildman–Crippen LogP) is 1.87. The quantitative estimate of drug-likeness (QED) is 0.778. The van der Waals surface area contributed by atoms with Gasteiger partial charge in [0, 0.05) is 6.54 Å². The van der Waals surface area contributed by atoms with Gasteiger partial charge < -0.3 is 15.2 Å². The summed E-state index contributed by atoms with van der Waals surface area (Å²) in [4.78, 5) is 0. The van der Waals surface area contributed by atoms with Gasteiger partial charge in [0.15, 0.2) is 11.5 Å². The first-order valence-electron chi connectivity index (χ1n) is 5.39. The van der Waals surface area contributed by atoms with Gasteiger partial charge >= 0.3 is 0 Å². The van der Waals surface area contributed by atoms with Gasteiger partial charge in [0.05, 0.1) is 7.11 Å². The zero-order valence-corrected chi connectivity index (χ0v) is 8.99. The molecule has 2 N–H and O–H groups in total. The average molecular weight is 207 g/mol. The summed E-state index contributed by atoms with van der Waals surface area (Å²) < 4.78 is 5.11. The molecule has 0 spiro atoms. The topological polar surface area (TPSA) is 41.5 Å². The standard InChI is InChI=1S/C12H17NO2/c1-15-12-7-9(4-5-11(12)14)10-3-2-6-13-8-10/h4-5,7,10,13-14H,2-3,6,8H2,1H3. The molecule has 0 bridgehead atoms. The molecular weight excluding hydrogens is 190 g/mol. The average Bonchev–Trinajstić information content (AvgIpc) is 2.31. The second-order valence-electron chi connectivity index (χ2n) is 3.97. The van der Waals surface area contributed by atoms with Crippen molar-refractivity contribution in [2.75, 3.05) is 20.2 Å². The van der Waals surface area contributed by atoms with E-state index in [0.717, 1.165) is 13.1 Å². The molecule has 1 aliphatic rings. The van der Waals surface area contributed by atoms with Crippen LogP contribution < -0.4 is 10.1 Å². The van der Waals surface area contributed by atoms with Crippen LogP contribution in [0.15, 0.2) is 18.2 Å². The maximum Gasteiger partial charge on any atom is 0.160 e. The molecule has 0 saturated carbocycles. The summed E-state index contributed by atoms with van der Waals surface area (Å²) in [6.07, 6.45) is 2.43. The molecule has 1 aromatic carbocycles. The monoisotopic (exact) mass is 207 g/mol. The van der Waals surface area contributed by atoms with E-state index in [9.17, 15) is 5.11 Å². The smallest absolute Gasteiger partial charge is 0.160 e. The number of ether oxygens (including phenoxy) is 1. The molecule has 1 aromatic rings. The lowest BCUT2D eigenvalue weighted by Gasteiger charge is -2.23. The normalized spacial score (nSPS) is 21.3. The van der Waals surface area contributed by atoms with Crippen LogP contribution in [0.2, 0.25) is 0 Å². The number of methoxy groups -OCH3 is 1. The highest BCUT2D eigenvalue weighted by molar-refractivity contribution is 5.43. The van der Waals surface area contributed by atoms with Gasteiger partial charge in [-0.15, -0.1) is 0 Å². The highest BCUT2D eigenvalue weighted by Crippen LogP contribution is 2.31. The molecule has 1 unspecified atom stereocenters. The molecule has 1 atom stereocenters. The number of nitrogens with one attached hydrogen (secondary N) is 1. The van der Waals surface area contributed by atoms with Gasteiger partial charge in [0.2, 0.25) is 0 Å². The van der Waals surface area contributed by atoms with E-state index in [1.807, 2.05) is 12.1 Å². The lowest BCUT2D eigenvalue weighted by Crippen LogP contribution is -2.28. The van der Waals surface area contributed by atoms with Gasteiger partial charge in [-0.1, -0.05) is 6.07 Å². The minimum atomic E-state index is 0.213. The predicted molar refractivity (Wildman–Crippen MR) is 59.5 cm³/mol. The van der Waals surface area contributed by atoms with Gasteiger partial charge in [-0.05, 0) is 43.0 Å². The first-order valence-corrected chi connectivity index (χ1v) is 5.39. The summed E-state index contributed by atoms with van der Waals surface area (Å²) in [6, 6.07) is 5.63. The number of phenols is 1. The third-order valence-electron chi connectivity index (χ3n) is 2.97. The fraction of sp³-hybridized carbons (Fsp3) is 0.500. The third-order valence-corrected chi connectivity index (χ3v) is 2.97. The summed E-state index contributed by atoms with van der Waals surface area (Å²) in [6.45, 7) is 2.14. The van der Waals surface area contributed by atoms with Crippen LogP contribution in [0.4, 0.5) is 0 Å². The van der Waals surface area contributed by atoms with Crippen LogP contribution in [0.25, 0.3) is 0 Å². The summed E-state index contributed by atoms with van der Waals surface area (Å²) in [5.74, 6) is 1.33. The highest BCUT2D eigenvalue weighted by Gasteiger charge is 2.16. The van der Waals surface area contributed by atoms with Crippen LogP contribution in [-0.4, -0.2) is 25.3 Å². The summed E-state index contributed by atoms with van der Waals surface area (Å²) in [7, 11) is 1.58. The maximum atomic E-state index is 9.49. The van der Waals surface area contributed by atoms with Gasteiger partial charge in [-0.25, -0.2) is 0 Å². The van der Waals surface area contributed by atoms with Crippen molar-refractivity contribution in [2.45, 2.75) is 18.8 Å². The van der Waals surface area contributed by atoms with Crippen molar-refractivity contribution < 1.29 is 9.84 Å². The van der Waals surface area contributed by atoms with Crippen LogP contribution >= 0.6 is 0 Å². The second kappa shape index (κ2) is 4.53. The zero-order valence-electron chi connectivity index (χ0n) is 8.99. The number of phenolic OH excluding ortho intramolecular Hbond substituents is 1. The van der Waals surface area contributed by atoms with Gasteiger partial charge in [0.25, 0.3) is 0 Å². The number of hydrogen-bond acceptors (Lipinski definition) is 3. The van der Waals surface area contributed by atoms with E-state index in [1.165, 1.54) is 18.4 Å². The van der Waals surface area contributed by atoms with E-state index in [0.29, 0.717) is 11.7 Å². The SMILES string of the molecule is COc1cc(C2CCCNC2)ccc1O. The first-order chi connectivity index (χ1) is 7.31. The molecule has 82 valence electrons. The summed E-state index contributed by atoms with van der Waals surface area (Å²) in [5, 5.41) is 12.9. The van der Waals surface area contributed by atoms with Crippen molar-refractivity contribution in [1.82, 2.24) is 5.32 Å². The molecule has 15 heavy (non-hydrogen) atoms. The fourth-order valence-corrected chi connectivity index (χ4v) is 2.08. The van der Waals surface area contributed by atoms with E-state index in [1.54, 1.807) is 13.2 Å². The molecule has 0 aliphatic carbocycles. The molecule has 1 saturated heterocycles. The summed E-state index contributed by atoms with van der Waals surface area (Å²) in [5.41, 5.74) is 1.25. The van der Waals surface area contributed by atoms with Crippen molar-refractivity contribution in [2.24, 2.45) is 0 Å². The minimum Gasteiger partial charge on any atom is -0.504 e. The van der Waals surface area contributed by atoms with E-state index >= 15 is 0 Å². The Morgan fingerprint density at radius 2 is 2.33 bits per heavy atom. The molecule has 1 aliphatic heterocycles. The lowest BCUT2D eigenvalue weighted by atomic mass is 9.91. The van der Waals surface area contributed by atoms with Crippen molar-refractivity contribution >= 4 is 0 Å². The molecule has 0 aromatic heterocycles. The van der Waals surface area contributed by atoms with Crippen molar-refractivity contribution in [3.63, 3.8) is 0 Å². The van der Waals surface area contributed by atoms with Crippen LogP contribution in [0.3, 0.4) is 0 Å². The number of hydrogen-bond donors (Lipinski definition) is 2. The van der Waals surface area contributed by atoms with E-state index in [-0.39, 0.29) is 5.75 Å². The zero-order chi connectivity index (χ0) is 10.7.